The minimum Gasteiger partial charge on any atom is -0.351 e. The smallest absolute Gasteiger partial charge is 0.237 e. The van der Waals surface area contributed by atoms with Gasteiger partial charge in [0.05, 0.1) is 6.04 Å². The monoisotopic (exact) mass is 327 g/mol. The van der Waals surface area contributed by atoms with E-state index in [-0.39, 0.29) is 24.4 Å². The van der Waals surface area contributed by atoms with Gasteiger partial charge in [0.15, 0.2) is 0 Å². The molecule has 4 nitrogen and oxygen atoms in total. The fourth-order valence-electron chi connectivity index (χ4n) is 5.68. The molecule has 5 rings (SSSR count). The van der Waals surface area contributed by atoms with E-state index in [1.54, 1.807) is 0 Å². The Hall–Kier alpha value is -0.320. The van der Waals surface area contributed by atoms with Crippen molar-refractivity contribution in [2.24, 2.45) is 23.7 Å². The Morgan fingerprint density at radius 2 is 1.59 bits per heavy atom. The Bertz CT molecular complexity index is 383. The van der Waals surface area contributed by atoms with Crippen LogP contribution in [0.25, 0.3) is 0 Å². The van der Waals surface area contributed by atoms with Gasteiger partial charge in [-0.1, -0.05) is 0 Å². The van der Waals surface area contributed by atoms with Crippen LogP contribution in [-0.4, -0.2) is 49.1 Å². The molecule has 0 aromatic rings. The van der Waals surface area contributed by atoms with E-state index in [4.69, 9.17) is 0 Å². The van der Waals surface area contributed by atoms with E-state index in [9.17, 15) is 4.79 Å². The van der Waals surface area contributed by atoms with Gasteiger partial charge in [0.1, 0.15) is 0 Å². The molecule has 1 heterocycles. The molecule has 0 spiro atoms. The lowest BCUT2D eigenvalue weighted by Crippen LogP contribution is -2.59. The molecule has 1 unspecified atom stereocenters. The van der Waals surface area contributed by atoms with E-state index in [0.717, 1.165) is 49.9 Å². The van der Waals surface area contributed by atoms with E-state index in [2.05, 4.69) is 22.5 Å². The number of nitrogens with zero attached hydrogens (tertiary/aromatic N) is 1. The first kappa shape index (κ1) is 16.5. The molecule has 5 fully saturated rings. The third-order valence-corrected chi connectivity index (χ3v) is 6.61. The van der Waals surface area contributed by atoms with Crippen molar-refractivity contribution in [2.75, 3.05) is 26.2 Å². The fourth-order valence-corrected chi connectivity index (χ4v) is 5.68. The number of nitrogens with one attached hydrogen (secondary N) is 2. The number of amides is 1. The molecule has 0 radical (unpaired) electrons. The summed E-state index contributed by atoms with van der Waals surface area (Å²) < 4.78 is 0. The summed E-state index contributed by atoms with van der Waals surface area (Å²) in [5.41, 5.74) is 0. The molecule has 126 valence electrons. The van der Waals surface area contributed by atoms with E-state index in [1.165, 1.54) is 32.1 Å². The first-order chi connectivity index (χ1) is 10.2. The zero-order valence-electron chi connectivity index (χ0n) is 13.6. The molecule has 0 aromatic heterocycles. The van der Waals surface area contributed by atoms with Gasteiger partial charge in [0.2, 0.25) is 5.91 Å². The van der Waals surface area contributed by atoms with Crippen molar-refractivity contribution in [1.82, 2.24) is 15.5 Å². The van der Waals surface area contributed by atoms with Crippen molar-refractivity contribution in [2.45, 2.75) is 51.1 Å². The lowest BCUT2D eigenvalue weighted by Gasteiger charge is -2.54. The zero-order valence-corrected chi connectivity index (χ0v) is 14.4. The van der Waals surface area contributed by atoms with Crippen molar-refractivity contribution < 1.29 is 4.79 Å². The summed E-state index contributed by atoms with van der Waals surface area (Å²) in [4.78, 5) is 15.0. The predicted octanol–water partition coefficient (Wildman–Crippen LogP) is 1.64. The molecule has 0 aromatic carbocycles. The first-order valence-electron chi connectivity index (χ1n) is 8.96. The molecule has 2 N–H and O–H groups in total. The number of carbonyl (C=O) groups excluding carboxylic acids is 1. The van der Waals surface area contributed by atoms with Crippen molar-refractivity contribution >= 4 is 18.3 Å². The van der Waals surface area contributed by atoms with Crippen LogP contribution in [0.3, 0.4) is 0 Å². The highest BCUT2D eigenvalue weighted by atomic mass is 35.5. The van der Waals surface area contributed by atoms with Gasteiger partial charge in [0.25, 0.3) is 0 Å². The molecule has 5 heteroatoms. The number of rotatable bonds is 3. The first-order valence-corrected chi connectivity index (χ1v) is 8.96. The lowest BCUT2D eigenvalue weighted by atomic mass is 9.54. The Morgan fingerprint density at radius 1 is 1.05 bits per heavy atom. The Morgan fingerprint density at radius 3 is 2.14 bits per heavy atom. The Labute approximate surface area is 140 Å². The van der Waals surface area contributed by atoms with Gasteiger partial charge in [-0.05, 0) is 62.7 Å². The Balaban J connectivity index is 0.00000144. The SMILES string of the molecule is CC(C(=O)NC1C2CC3CC(C2)CC1C3)N1CCNCC1.Cl. The van der Waals surface area contributed by atoms with Crippen molar-refractivity contribution in [3.05, 3.63) is 0 Å². The Kier molecular flexibility index (Phi) is 5.01. The fraction of sp³-hybridized carbons (Fsp3) is 0.941. The summed E-state index contributed by atoms with van der Waals surface area (Å²) >= 11 is 0. The minimum atomic E-state index is 0. The summed E-state index contributed by atoms with van der Waals surface area (Å²) in [7, 11) is 0. The molecule has 4 saturated carbocycles. The summed E-state index contributed by atoms with van der Waals surface area (Å²) in [5, 5.41) is 6.82. The van der Waals surface area contributed by atoms with Crippen molar-refractivity contribution in [3.63, 3.8) is 0 Å². The topological polar surface area (TPSA) is 44.4 Å². The highest BCUT2D eigenvalue weighted by Crippen LogP contribution is 2.53. The van der Waals surface area contributed by atoms with Crippen LogP contribution in [0.5, 0.6) is 0 Å². The normalized spacial score (nSPS) is 41.8. The van der Waals surface area contributed by atoms with Gasteiger partial charge >= 0.3 is 0 Å². The third-order valence-electron chi connectivity index (χ3n) is 6.61. The van der Waals surface area contributed by atoms with Crippen LogP contribution in [0, 0.1) is 23.7 Å². The van der Waals surface area contributed by atoms with Crippen LogP contribution in [0.1, 0.15) is 39.0 Å². The second kappa shape index (κ2) is 6.66. The van der Waals surface area contributed by atoms with Gasteiger partial charge in [-0.2, -0.15) is 0 Å². The lowest BCUT2D eigenvalue weighted by molar-refractivity contribution is -0.130. The molecule has 1 aliphatic heterocycles. The van der Waals surface area contributed by atoms with Gasteiger partial charge in [-0.25, -0.2) is 0 Å². The van der Waals surface area contributed by atoms with Crippen molar-refractivity contribution in [1.29, 1.82) is 0 Å². The summed E-state index contributed by atoms with van der Waals surface area (Å²) in [5.74, 6) is 3.78. The minimum absolute atomic E-state index is 0. The quantitative estimate of drug-likeness (QED) is 0.828. The van der Waals surface area contributed by atoms with E-state index < -0.39 is 0 Å². The number of hydrogen-bond acceptors (Lipinski definition) is 3. The molecule has 1 amide bonds. The van der Waals surface area contributed by atoms with Crippen LogP contribution >= 0.6 is 12.4 Å². The number of piperazine rings is 1. The number of halogens is 1. The summed E-state index contributed by atoms with van der Waals surface area (Å²) in [6.45, 7) is 6.09. The predicted molar refractivity (Wildman–Crippen MR) is 90.1 cm³/mol. The maximum atomic E-state index is 12.7. The molecule has 4 bridgehead atoms. The van der Waals surface area contributed by atoms with Crippen LogP contribution in [0.4, 0.5) is 0 Å². The largest absolute Gasteiger partial charge is 0.351 e. The maximum Gasteiger partial charge on any atom is 0.237 e. The van der Waals surface area contributed by atoms with Gasteiger partial charge < -0.3 is 10.6 Å². The van der Waals surface area contributed by atoms with Crippen LogP contribution in [0.2, 0.25) is 0 Å². The standard InChI is InChI=1S/C17H29N3O.ClH/c1-11(20-4-2-18-3-5-20)17(21)19-16-14-7-12-6-13(9-14)10-15(16)8-12;/h11-16,18H,2-10H2,1H3,(H,19,21);1H. The number of hydrogen-bond donors (Lipinski definition) is 2. The average molecular weight is 328 g/mol. The molecule has 1 atom stereocenters. The van der Waals surface area contributed by atoms with Crippen molar-refractivity contribution in [3.8, 4) is 0 Å². The van der Waals surface area contributed by atoms with E-state index in [0.29, 0.717) is 6.04 Å². The molecule has 5 aliphatic rings. The van der Waals surface area contributed by atoms with Gasteiger partial charge in [0, 0.05) is 32.2 Å². The van der Waals surface area contributed by atoms with Crippen LogP contribution < -0.4 is 10.6 Å². The second-order valence-electron chi connectivity index (χ2n) is 7.93. The maximum absolute atomic E-state index is 12.7. The van der Waals surface area contributed by atoms with Gasteiger partial charge in [-0.15, -0.1) is 12.4 Å². The average Bonchev–Trinajstić information content (AvgIpc) is 2.50. The highest BCUT2D eigenvalue weighted by molar-refractivity contribution is 5.85. The third kappa shape index (κ3) is 3.02. The van der Waals surface area contributed by atoms with Gasteiger partial charge in [-0.3, -0.25) is 9.69 Å². The summed E-state index contributed by atoms with van der Waals surface area (Å²) in [6.07, 6.45) is 6.98. The molecule has 1 saturated heterocycles. The molecular weight excluding hydrogens is 298 g/mol. The molecule has 22 heavy (non-hydrogen) atoms. The molecular formula is C17H30ClN3O. The number of carbonyl (C=O) groups is 1. The second-order valence-corrected chi connectivity index (χ2v) is 7.93. The van der Waals surface area contributed by atoms with Crippen LogP contribution in [0.15, 0.2) is 0 Å². The highest BCUT2D eigenvalue weighted by Gasteiger charge is 2.48. The molecule has 4 aliphatic carbocycles. The zero-order chi connectivity index (χ0) is 14.4. The summed E-state index contributed by atoms with van der Waals surface area (Å²) in [6, 6.07) is 0.514. The van der Waals surface area contributed by atoms with Crippen LogP contribution in [-0.2, 0) is 4.79 Å². The van der Waals surface area contributed by atoms with E-state index >= 15 is 0 Å². The van der Waals surface area contributed by atoms with E-state index in [1.807, 2.05) is 0 Å².